The fourth-order valence-electron chi connectivity index (χ4n) is 6.82. The van der Waals surface area contributed by atoms with Crippen molar-refractivity contribution in [2.75, 3.05) is 26.2 Å². The molecule has 1 saturated carbocycles. The summed E-state index contributed by atoms with van der Waals surface area (Å²) in [6.07, 6.45) is 0.0624. The van der Waals surface area contributed by atoms with Gasteiger partial charge in [0.15, 0.2) is 12.2 Å². The standard InChI is InChI=1S/C38H41BrFN3O7/c39-33-29(40)9-4-10-31(33)50-19-5-8-24-11-13-25(14-12-24)28-20-26-21-42(37(47)34(44)35(45)38(48)49)22-30(41-26)32(28)36(46)43(27-15-16-27)18-17-23-6-2-1-3-7-23/h1-4,6-7,9-14,26-27,30,34-35,41,44-45H,5,8,15-22H2,(H,48,49)/t26-,30-,34+,35-/m1/s1. The topological polar surface area (TPSA) is 140 Å². The summed E-state index contributed by atoms with van der Waals surface area (Å²) in [4.78, 5) is 42.4. The van der Waals surface area contributed by atoms with E-state index in [0.717, 1.165) is 41.5 Å². The van der Waals surface area contributed by atoms with Crippen LogP contribution in [0.4, 0.5) is 4.39 Å². The maximum absolute atomic E-state index is 14.6. The third-order valence-corrected chi connectivity index (χ3v) is 10.3. The molecule has 2 heterocycles. The molecule has 0 radical (unpaired) electrons. The predicted molar refractivity (Wildman–Crippen MR) is 188 cm³/mol. The number of benzene rings is 3. The number of hydrogen-bond donors (Lipinski definition) is 4. The second-order valence-corrected chi connectivity index (χ2v) is 13.9. The molecule has 2 bridgehead atoms. The summed E-state index contributed by atoms with van der Waals surface area (Å²) >= 11 is 3.22. The summed E-state index contributed by atoms with van der Waals surface area (Å²) in [5, 5.41) is 32.9. The molecule has 2 amide bonds. The van der Waals surface area contributed by atoms with Gasteiger partial charge in [0.2, 0.25) is 0 Å². The van der Waals surface area contributed by atoms with E-state index in [1.165, 1.54) is 11.0 Å². The lowest BCUT2D eigenvalue weighted by Crippen LogP contribution is -2.64. The van der Waals surface area contributed by atoms with E-state index in [2.05, 4.69) is 21.2 Å². The van der Waals surface area contributed by atoms with Crippen LogP contribution in [-0.2, 0) is 27.2 Å². The fourth-order valence-corrected chi connectivity index (χ4v) is 7.19. The van der Waals surface area contributed by atoms with Crippen LogP contribution in [0.15, 0.2) is 82.8 Å². The third kappa shape index (κ3) is 8.26. The molecule has 0 aromatic heterocycles. The average molecular weight is 751 g/mol. The van der Waals surface area contributed by atoms with Gasteiger partial charge >= 0.3 is 5.97 Å². The average Bonchev–Trinajstić information content (AvgIpc) is 3.96. The number of fused-ring (bicyclic) bond motifs is 2. The monoisotopic (exact) mass is 749 g/mol. The molecule has 4 atom stereocenters. The van der Waals surface area contributed by atoms with E-state index in [9.17, 15) is 29.0 Å². The van der Waals surface area contributed by atoms with Gasteiger partial charge < -0.3 is 35.2 Å². The third-order valence-electron chi connectivity index (χ3n) is 9.57. The summed E-state index contributed by atoms with van der Waals surface area (Å²) < 4.78 is 19.9. The van der Waals surface area contributed by atoms with Crippen LogP contribution in [0.2, 0.25) is 0 Å². The van der Waals surface area contributed by atoms with Crippen molar-refractivity contribution in [3.05, 3.63) is 105 Å². The van der Waals surface area contributed by atoms with Gasteiger partial charge in [0, 0.05) is 37.3 Å². The molecule has 1 saturated heterocycles. The zero-order valence-electron chi connectivity index (χ0n) is 27.5. The summed E-state index contributed by atoms with van der Waals surface area (Å²) in [5.41, 5.74) is 4.59. The van der Waals surface area contributed by atoms with E-state index in [1.807, 2.05) is 59.5 Å². The Bertz CT molecular complexity index is 1730. The van der Waals surface area contributed by atoms with Crippen molar-refractivity contribution in [3.8, 4) is 5.75 Å². The molecule has 3 aromatic carbocycles. The number of hydrogen-bond acceptors (Lipinski definition) is 7. The number of carbonyl (C=O) groups excluding carboxylic acids is 2. The maximum atomic E-state index is 14.6. The summed E-state index contributed by atoms with van der Waals surface area (Å²) in [5.74, 6) is -2.59. The van der Waals surface area contributed by atoms with E-state index in [4.69, 9.17) is 9.84 Å². The van der Waals surface area contributed by atoms with Crippen LogP contribution in [0.5, 0.6) is 5.75 Å². The smallest absolute Gasteiger partial charge is 0.335 e. The lowest BCUT2D eigenvalue weighted by atomic mass is 9.82. The molecule has 10 nitrogen and oxygen atoms in total. The molecular formula is C38H41BrFN3O7. The van der Waals surface area contributed by atoms with Crippen LogP contribution in [0.25, 0.3) is 5.57 Å². The van der Waals surface area contributed by atoms with Crippen LogP contribution in [0.3, 0.4) is 0 Å². The Balaban J connectivity index is 1.23. The van der Waals surface area contributed by atoms with Gasteiger partial charge in [-0.2, -0.15) is 0 Å². The molecule has 2 fully saturated rings. The molecule has 0 unspecified atom stereocenters. The van der Waals surface area contributed by atoms with Gasteiger partial charge in [0.1, 0.15) is 11.6 Å². The number of nitrogens with one attached hydrogen (secondary N) is 1. The molecule has 2 aliphatic heterocycles. The summed E-state index contributed by atoms with van der Waals surface area (Å²) in [7, 11) is 0. The molecule has 6 rings (SSSR count). The Morgan fingerprint density at radius 1 is 0.940 bits per heavy atom. The van der Waals surface area contributed by atoms with Crippen molar-refractivity contribution < 1.29 is 38.8 Å². The zero-order chi connectivity index (χ0) is 35.4. The first-order valence-corrected chi connectivity index (χ1v) is 17.8. The van der Waals surface area contributed by atoms with Gasteiger partial charge in [-0.3, -0.25) is 9.59 Å². The number of carboxylic acid groups (broad SMARTS) is 1. The minimum Gasteiger partial charge on any atom is -0.492 e. The normalized spacial score (nSPS) is 19.9. The number of aliphatic hydroxyl groups excluding tert-OH is 2. The number of ether oxygens (including phenoxy) is 1. The van der Waals surface area contributed by atoms with Crippen LogP contribution in [-0.4, -0.2) is 99.5 Å². The highest BCUT2D eigenvalue weighted by Crippen LogP contribution is 2.37. The van der Waals surface area contributed by atoms with Crippen molar-refractivity contribution in [2.45, 2.75) is 68.9 Å². The number of carboxylic acids is 1. The van der Waals surface area contributed by atoms with Crippen LogP contribution < -0.4 is 10.1 Å². The highest BCUT2D eigenvalue weighted by Gasteiger charge is 2.45. The van der Waals surface area contributed by atoms with E-state index in [-0.39, 0.29) is 36.9 Å². The molecule has 3 aliphatic rings. The first-order valence-electron chi connectivity index (χ1n) is 17.0. The second kappa shape index (κ2) is 15.8. The second-order valence-electron chi connectivity index (χ2n) is 13.1. The number of carbonyl (C=O) groups is 3. The first kappa shape index (κ1) is 35.7. The van der Waals surface area contributed by atoms with E-state index in [0.29, 0.717) is 48.2 Å². The molecule has 12 heteroatoms. The number of aliphatic hydroxyl groups is 2. The maximum Gasteiger partial charge on any atom is 0.335 e. The van der Waals surface area contributed by atoms with Crippen molar-refractivity contribution in [1.82, 2.24) is 15.1 Å². The van der Waals surface area contributed by atoms with Gasteiger partial charge in [-0.25, -0.2) is 9.18 Å². The lowest BCUT2D eigenvalue weighted by Gasteiger charge is -2.45. The first-order chi connectivity index (χ1) is 24.1. The molecule has 264 valence electrons. The lowest BCUT2D eigenvalue weighted by molar-refractivity contribution is -0.163. The number of halogens is 2. The number of amides is 2. The summed E-state index contributed by atoms with van der Waals surface area (Å²) in [6, 6.07) is 22.1. The van der Waals surface area contributed by atoms with Gasteiger partial charge in [-0.1, -0.05) is 60.7 Å². The fraction of sp³-hybridized carbons (Fsp3) is 0.395. The highest BCUT2D eigenvalue weighted by atomic mass is 79.9. The van der Waals surface area contributed by atoms with Crippen LogP contribution in [0, 0.1) is 5.82 Å². The van der Waals surface area contributed by atoms with Crippen LogP contribution in [0.1, 0.15) is 42.4 Å². The number of aryl methyl sites for hydroxylation is 1. The number of nitrogens with zero attached hydrogens (tertiary/aromatic N) is 2. The van der Waals surface area contributed by atoms with Crippen molar-refractivity contribution in [3.63, 3.8) is 0 Å². The van der Waals surface area contributed by atoms with Gasteiger partial charge in [-0.05, 0) is 88.9 Å². The molecule has 1 aliphatic carbocycles. The predicted octanol–water partition coefficient (Wildman–Crippen LogP) is 3.97. The quantitative estimate of drug-likeness (QED) is 0.182. The number of piperazine rings is 1. The number of rotatable bonds is 14. The van der Waals surface area contributed by atoms with Crippen molar-refractivity contribution >= 4 is 39.3 Å². The highest BCUT2D eigenvalue weighted by molar-refractivity contribution is 9.10. The minimum absolute atomic E-state index is 0.0417. The Labute approximate surface area is 298 Å². The van der Waals surface area contributed by atoms with E-state index < -0.39 is 30.1 Å². The largest absolute Gasteiger partial charge is 0.492 e. The molecule has 50 heavy (non-hydrogen) atoms. The Morgan fingerprint density at radius 3 is 2.36 bits per heavy atom. The van der Waals surface area contributed by atoms with Gasteiger partial charge in [0.05, 0.1) is 17.1 Å². The van der Waals surface area contributed by atoms with Gasteiger partial charge in [0.25, 0.3) is 11.8 Å². The van der Waals surface area contributed by atoms with Crippen molar-refractivity contribution in [1.29, 1.82) is 0 Å². The summed E-state index contributed by atoms with van der Waals surface area (Å²) in [6.45, 7) is 1.18. The van der Waals surface area contributed by atoms with E-state index in [1.54, 1.807) is 12.1 Å². The zero-order valence-corrected chi connectivity index (χ0v) is 29.1. The molecule has 4 N–H and O–H groups in total. The Kier molecular flexibility index (Phi) is 11.3. The van der Waals surface area contributed by atoms with Crippen LogP contribution >= 0.6 is 15.9 Å². The minimum atomic E-state index is -2.25. The van der Waals surface area contributed by atoms with Gasteiger partial charge in [-0.15, -0.1) is 0 Å². The molecule has 3 aromatic rings. The SMILES string of the molecule is O=C(O)[C@H](O)[C@H](O)C(=O)N1C[C@H]2CC(c3ccc(CCCOc4cccc(F)c4Br)cc3)=C(C(=O)N(CCc3ccccc3)C3CC3)[C@@H](C1)N2. The van der Waals surface area contributed by atoms with E-state index >= 15 is 0 Å². The number of aliphatic carboxylic acids is 1. The Morgan fingerprint density at radius 2 is 1.66 bits per heavy atom. The van der Waals surface area contributed by atoms with Crippen molar-refractivity contribution in [2.24, 2.45) is 0 Å². The molecular weight excluding hydrogens is 709 g/mol. The Hall–Kier alpha value is -4.10. The molecule has 0 spiro atoms.